The summed E-state index contributed by atoms with van der Waals surface area (Å²) in [7, 11) is 0. The molecule has 1 atom stereocenters. The van der Waals surface area contributed by atoms with Crippen molar-refractivity contribution in [3.8, 4) is 0 Å². The van der Waals surface area contributed by atoms with E-state index in [2.05, 4.69) is 20.0 Å². The lowest BCUT2D eigenvalue weighted by Gasteiger charge is -2.27. The maximum atomic E-state index is 11.9. The predicted molar refractivity (Wildman–Crippen MR) is 82.9 cm³/mol. The highest BCUT2D eigenvalue weighted by Gasteiger charge is 2.30. The summed E-state index contributed by atoms with van der Waals surface area (Å²) in [5.41, 5.74) is 2.47. The van der Waals surface area contributed by atoms with Crippen molar-refractivity contribution in [2.24, 2.45) is 0 Å². The van der Waals surface area contributed by atoms with Crippen molar-refractivity contribution >= 4 is 5.82 Å². The monoisotopic (exact) mass is 297 g/mol. The first-order valence-corrected chi connectivity index (χ1v) is 7.94. The predicted octanol–water partition coefficient (Wildman–Crippen LogP) is 1.19. The first-order valence-electron chi connectivity index (χ1n) is 7.94. The number of fused-ring (bicyclic) bond motifs is 1. The highest BCUT2D eigenvalue weighted by Crippen LogP contribution is 2.32. The fourth-order valence-electron chi connectivity index (χ4n) is 3.62. The van der Waals surface area contributed by atoms with E-state index in [1.807, 2.05) is 0 Å². The summed E-state index contributed by atoms with van der Waals surface area (Å²) in [5, 5.41) is 4.19. The second-order valence-electron chi connectivity index (χ2n) is 6.01. The molecule has 0 saturated carbocycles. The van der Waals surface area contributed by atoms with Crippen molar-refractivity contribution in [2.75, 3.05) is 11.4 Å². The minimum atomic E-state index is -0.0396. The van der Waals surface area contributed by atoms with Crippen LogP contribution >= 0.6 is 0 Å². The van der Waals surface area contributed by atoms with Crippen molar-refractivity contribution in [1.82, 2.24) is 19.7 Å². The first-order chi connectivity index (χ1) is 10.8. The van der Waals surface area contributed by atoms with E-state index in [4.69, 9.17) is 0 Å². The average molecular weight is 297 g/mol. The van der Waals surface area contributed by atoms with Crippen LogP contribution in [-0.4, -0.2) is 32.3 Å². The molecule has 1 unspecified atom stereocenters. The van der Waals surface area contributed by atoms with E-state index >= 15 is 0 Å². The Morgan fingerprint density at radius 3 is 3.09 bits per heavy atom. The number of aryl methyl sites for hydroxylation is 1. The van der Waals surface area contributed by atoms with Gasteiger partial charge in [-0.25, -0.2) is 14.6 Å². The molecule has 114 valence electrons. The van der Waals surface area contributed by atoms with Gasteiger partial charge in [0.25, 0.3) is 5.56 Å². The normalized spacial score (nSPS) is 20.4. The minimum absolute atomic E-state index is 0.0396. The van der Waals surface area contributed by atoms with Crippen molar-refractivity contribution in [3.05, 3.63) is 46.3 Å². The third-order valence-corrected chi connectivity index (χ3v) is 4.67. The Balaban J connectivity index is 1.63. The number of anilines is 1. The topological polar surface area (TPSA) is 63.9 Å². The molecule has 0 N–H and O–H groups in total. The molecule has 1 aliphatic heterocycles. The molecule has 3 heterocycles. The summed E-state index contributed by atoms with van der Waals surface area (Å²) in [6.45, 7) is 1.62. The number of hydrogen-bond donors (Lipinski definition) is 0. The molecular weight excluding hydrogens is 278 g/mol. The lowest BCUT2D eigenvalue weighted by atomic mass is 10.2. The van der Waals surface area contributed by atoms with Crippen LogP contribution in [0.25, 0.3) is 0 Å². The fourth-order valence-corrected chi connectivity index (χ4v) is 3.62. The van der Waals surface area contributed by atoms with Crippen LogP contribution in [-0.2, 0) is 19.4 Å². The maximum Gasteiger partial charge on any atom is 0.266 e. The molecule has 1 aliphatic carbocycles. The van der Waals surface area contributed by atoms with E-state index in [-0.39, 0.29) is 11.6 Å². The largest absolute Gasteiger partial charge is 0.351 e. The van der Waals surface area contributed by atoms with Gasteiger partial charge in [-0.3, -0.25) is 4.79 Å². The summed E-state index contributed by atoms with van der Waals surface area (Å²) in [6, 6.07) is 3.53. The van der Waals surface area contributed by atoms with Gasteiger partial charge in [-0.15, -0.1) is 0 Å². The van der Waals surface area contributed by atoms with E-state index in [1.54, 1.807) is 29.3 Å². The zero-order valence-corrected chi connectivity index (χ0v) is 12.5. The highest BCUT2D eigenvalue weighted by molar-refractivity contribution is 5.52. The molecule has 0 amide bonds. The van der Waals surface area contributed by atoms with Gasteiger partial charge in [0.1, 0.15) is 12.1 Å². The zero-order chi connectivity index (χ0) is 14.9. The Morgan fingerprint density at radius 2 is 2.18 bits per heavy atom. The van der Waals surface area contributed by atoms with E-state index in [1.165, 1.54) is 17.7 Å². The molecule has 2 aliphatic rings. The third-order valence-electron chi connectivity index (χ3n) is 4.67. The molecule has 22 heavy (non-hydrogen) atoms. The Labute approximate surface area is 128 Å². The number of nitrogens with zero attached hydrogens (tertiary/aromatic N) is 5. The maximum absolute atomic E-state index is 11.9. The van der Waals surface area contributed by atoms with Gasteiger partial charge in [-0.05, 0) is 38.2 Å². The summed E-state index contributed by atoms with van der Waals surface area (Å²) in [6.07, 6.45) is 8.85. The molecule has 0 spiro atoms. The van der Waals surface area contributed by atoms with E-state index in [0.717, 1.165) is 38.0 Å². The van der Waals surface area contributed by atoms with Crippen LogP contribution in [0.5, 0.6) is 0 Å². The summed E-state index contributed by atoms with van der Waals surface area (Å²) >= 11 is 0. The molecule has 6 nitrogen and oxygen atoms in total. The van der Waals surface area contributed by atoms with Crippen LogP contribution in [0.3, 0.4) is 0 Å². The van der Waals surface area contributed by atoms with Crippen molar-refractivity contribution in [2.45, 2.75) is 44.7 Å². The van der Waals surface area contributed by atoms with Crippen LogP contribution in [0, 0.1) is 0 Å². The molecule has 1 saturated heterocycles. The Hall–Kier alpha value is -2.24. The number of aromatic nitrogens is 4. The SMILES string of the molecule is O=c1cccnn1CC1CCCN1c1ncnc2c1CCC2. The van der Waals surface area contributed by atoms with Crippen LogP contribution in [0.15, 0.2) is 29.5 Å². The lowest BCUT2D eigenvalue weighted by Crippen LogP contribution is -2.37. The van der Waals surface area contributed by atoms with Gasteiger partial charge in [-0.2, -0.15) is 5.10 Å². The van der Waals surface area contributed by atoms with Crippen LogP contribution in [0.2, 0.25) is 0 Å². The fraction of sp³-hybridized carbons (Fsp3) is 0.500. The third kappa shape index (κ3) is 2.28. The standard InChI is InChI=1S/C16H19N5O/c22-15-7-2-8-19-21(15)10-12-4-3-9-20(12)16-13-5-1-6-14(13)17-11-18-16/h2,7-8,11-12H,1,3-6,9-10H2. The summed E-state index contributed by atoms with van der Waals surface area (Å²) in [5.74, 6) is 1.08. The molecule has 4 rings (SSSR count). The molecule has 0 radical (unpaired) electrons. The average Bonchev–Trinajstić information content (AvgIpc) is 3.18. The van der Waals surface area contributed by atoms with Crippen LogP contribution in [0.4, 0.5) is 5.82 Å². The first kappa shape index (κ1) is 13.4. The molecule has 0 aromatic carbocycles. The molecule has 0 bridgehead atoms. The second-order valence-corrected chi connectivity index (χ2v) is 6.01. The molecule has 2 aromatic rings. The smallest absolute Gasteiger partial charge is 0.266 e. The quantitative estimate of drug-likeness (QED) is 0.851. The van der Waals surface area contributed by atoms with Gasteiger partial charge in [0.05, 0.1) is 12.6 Å². The molecule has 6 heteroatoms. The van der Waals surface area contributed by atoms with E-state index in [0.29, 0.717) is 6.54 Å². The van der Waals surface area contributed by atoms with Crippen molar-refractivity contribution < 1.29 is 0 Å². The molecule has 1 fully saturated rings. The number of hydrogen-bond acceptors (Lipinski definition) is 5. The minimum Gasteiger partial charge on any atom is -0.351 e. The Morgan fingerprint density at radius 1 is 1.23 bits per heavy atom. The van der Waals surface area contributed by atoms with Gasteiger partial charge in [-0.1, -0.05) is 0 Å². The van der Waals surface area contributed by atoms with E-state index in [9.17, 15) is 4.79 Å². The number of rotatable bonds is 3. The Kier molecular flexibility index (Phi) is 3.36. The van der Waals surface area contributed by atoms with Gasteiger partial charge >= 0.3 is 0 Å². The zero-order valence-electron chi connectivity index (χ0n) is 12.5. The van der Waals surface area contributed by atoms with Gasteiger partial charge < -0.3 is 4.90 Å². The summed E-state index contributed by atoms with van der Waals surface area (Å²) < 4.78 is 1.56. The Bertz CT molecular complexity index is 741. The van der Waals surface area contributed by atoms with Crippen LogP contribution in [0.1, 0.15) is 30.5 Å². The molecular formula is C16H19N5O. The second kappa shape index (κ2) is 5.51. The van der Waals surface area contributed by atoms with E-state index < -0.39 is 0 Å². The summed E-state index contributed by atoms with van der Waals surface area (Å²) in [4.78, 5) is 23.2. The van der Waals surface area contributed by atoms with Crippen molar-refractivity contribution in [3.63, 3.8) is 0 Å². The van der Waals surface area contributed by atoms with Crippen LogP contribution < -0.4 is 10.5 Å². The van der Waals surface area contributed by atoms with Crippen molar-refractivity contribution in [1.29, 1.82) is 0 Å². The van der Waals surface area contributed by atoms with Gasteiger partial charge in [0.2, 0.25) is 0 Å². The molecule has 2 aromatic heterocycles. The van der Waals surface area contributed by atoms with Gasteiger partial charge in [0, 0.05) is 30.1 Å². The van der Waals surface area contributed by atoms with Gasteiger partial charge in [0.15, 0.2) is 0 Å². The highest BCUT2D eigenvalue weighted by atomic mass is 16.1. The lowest BCUT2D eigenvalue weighted by molar-refractivity contribution is 0.486.